The molecule has 1 aliphatic heterocycles. The lowest BCUT2D eigenvalue weighted by molar-refractivity contribution is -0.130. The number of nitrogens with zero attached hydrogens (tertiary/aromatic N) is 1. The minimum atomic E-state index is -0.772. The van der Waals surface area contributed by atoms with Gasteiger partial charge in [0, 0.05) is 13.0 Å². The molecule has 114 valence electrons. The summed E-state index contributed by atoms with van der Waals surface area (Å²) in [6.07, 6.45) is 1.67. The van der Waals surface area contributed by atoms with Crippen LogP contribution in [0.25, 0.3) is 0 Å². The van der Waals surface area contributed by atoms with Crippen LogP contribution in [-0.4, -0.2) is 40.0 Å². The van der Waals surface area contributed by atoms with E-state index in [0.29, 0.717) is 5.76 Å². The molecule has 1 aromatic heterocycles. The van der Waals surface area contributed by atoms with Crippen LogP contribution >= 0.6 is 0 Å². The zero-order chi connectivity index (χ0) is 15.6. The molecule has 0 saturated carbocycles. The Labute approximate surface area is 122 Å². The normalized spacial score (nSPS) is 19.0. The van der Waals surface area contributed by atoms with E-state index in [-0.39, 0.29) is 36.8 Å². The van der Waals surface area contributed by atoms with Crippen LogP contribution in [0.3, 0.4) is 0 Å². The van der Waals surface area contributed by atoms with Crippen LogP contribution in [0.4, 0.5) is 0 Å². The summed E-state index contributed by atoms with van der Waals surface area (Å²) in [7, 11) is 0. The molecule has 1 unspecified atom stereocenters. The van der Waals surface area contributed by atoms with Crippen molar-refractivity contribution in [3.63, 3.8) is 0 Å². The first-order valence-electron chi connectivity index (χ1n) is 6.89. The van der Waals surface area contributed by atoms with Gasteiger partial charge in [0.1, 0.15) is 11.8 Å². The Morgan fingerprint density at radius 2 is 2.19 bits per heavy atom. The fourth-order valence-corrected chi connectivity index (χ4v) is 2.50. The summed E-state index contributed by atoms with van der Waals surface area (Å²) in [5, 5.41) is 19.2. The Morgan fingerprint density at radius 1 is 1.48 bits per heavy atom. The standard InChI is InChI=1S/C15H19NO5/c1-9(2)8-10(18)12-13(11-4-3-7-21-11)16(5-6-17)15(20)14(12)19/h3-4,7,9,13,17,19H,5-6,8H2,1-2H3. The average Bonchev–Trinajstić information content (AvgIpc) is 3.00. The zero-order valence-corrected chi connectivity index (χ0v) is 12.1. The van der Waals surface area contributed by atoms with E-state index in [1.54, 1.807) is 12.1 Å². The molecule has 1 aromatic rings. The molecule has 2 rings (SSSR count). The van der Waals surface area contributed by atoms with Gasteiger partial charge in [0.05, 0.1) is 18.4 Å². The molecule has 0 radical (unpaired) electrons. The highest BCUT2D eigenvalue weighted by Gasteiger charge is 2.44. The summed E-state index contributed by atoms with van der Waals surface area (Å²) in [6.45, 7) is 3.54. The molecule has 2 N–H and O–H groups in total. The number of carbonyl (C=O) groups excluding carboxylic acids is 2. The number of Topliss-reactive ketones (excluding diaryl/α,β-unsaturated/α-hetero) is 1. The van der Waals surface area contributed by atoms with E-state index < -0.39 is 17.7 Å². The number of hydrogen-bond acceptors (Lipinski definition) is 5. The molecule has 2 heterocycles. The van der Waals surface area contributed by atoms with Crippen LogP contribution in [0.15, 0.2) is 34.1 Å². The molecule has 1 atom stereocenters. The maximum absolute atomic E-state index is 12.4. The highest BCUT2D eigenvalue weighted by Crippen LogP contribution is 2.38. The van der Waals surface area contributed by atoms with Gasteiger partial charge >= 0.3 is 0 Å². The molecule has 21 heavy (non-hydrogen) atoms. The lowest BCUT2D eigenvalue weighted by Gasteiger charge is -2.24. The molecule has 6 heteroatoms. The Hall–Kier alpha value is -2.08. The molecule has 1 amide bonds. The van der Waals surface area contributed by atoms with Crippen molar-refractivity contribution in [2.24, 2.45) is 5.92 Å². The largest absolute Gasteiger partial charge is 0.503 e. The molecular formula is C15H19NO5. The van der Waals surface area contributed by atoms with Crippen LogP contribution in [0.1, 0.15) is 32.1 Å². The van der Waals surface area contributed by atoms with Gasteiger partial charge in [-0.25, -0.2) is 0 Å². The predicted octanol–water partition coefficient (Wildman–Crippen LogP) is 1.58. The fourth-order valence-electron chi connectivity index (χ4n) is 2.50. The first-order valence-corrected chi connectivity index (χ1v) is 6.89. The Morgan fingerprint density at radius 3 is 2.71 bits per heavy atom. The quantitative estimate of drug-likeness (QED) is 0.831. The Bertz CT molecular complexity index is 559. The highest BCUT2D eigenvalue weighted by molar-refractivity contribution is 6.08. The van der Waals surface area contributed by atoms with E-state index in [2.05, 4.69) is 0 Å². The van der Waals surface area contributed by atoms with Gasteiger partial charge in [0.15, 0.2) is 11.5 Å². The second kappa shape index (κ2) is 6.13. The number of aliphatic hydroxyl groups is 2. The van der Waals surface area contributed by atoms with Crippen molar-refractivity contribution in [2.75, 3.05) is 13.2 Å². The van der Waals surface area contributed by atoms with Crippen LogP contribution in [0.2, 0.25) is 0 Å². The lowest BCUT2D eigenvalue weighted by Crippen LogP contribution is -2.33. The number of β-amino-alcohol motifs (C(OH)–C–C–N with tert-alkyl or cyclic N) is 1. The SMILES string of the molecule is CC(C)CC(=O)C1=C(O)C(=O)N(CCO)C1c1ccco1. The number of rotatable bonds is 6. The molecule has 0 aliphatic carbocycles. The first kappa shape index (κ1) is 15.3. The van der Waals surface area contributed by atoms with Gasteiger partial charge in [0.2, 0.25) is 0 Å². The smallest absolute Gasteiger partial charge is 0.290 e. The third kappa shape index (κ3) is 2.85. The first-order chi connectivity index (χ1) is 9.97. The number of carbonyl (C=O) groups is 2. The Kier molecular flexibility index (Phi) is 4.47. The monoisotopic (exact) mass is 293 g/mol. The van der Waals surface area contributed by atoms with E-state index in [4.69, 9.17) is 9.52 Å². The molecule has 6 nitrogen and oxygen atoms in total. The summed E-state index contributed by atoms with van der Waals surface area (Å²) in [4.78, 5) is 25.7. The molecule has 0 aromatic carbocycles. The van der Waals surface area contributed by atoms with E-state index in [9.17, 15) is 14.7 Å². The fraction of sp³-hybridized carbons (Fsp3) is 0.467. The van der Waals surface area contributed by atoms with Crippen molar-refractivity contribution in [1.29, 1.82) is 0 Å². The average molecular weight is 293 g/mol. The third-order valence-electron chi connectivity index (χ3n) is 3.35. The predicted molar refractivity (Wildman–Crippen MR) is 74.4 cm³/mol. The molecule has 0 saturated heterocycles. The van der Waals surface area contributed by atoms with Crippen molar-refractivity contribution in [3.8, 4) is 0 Å². The van der Waals surface area contributed by atoms with Crippen molar-refractivity contribution < 1.29 is 24.2 Å². The van der Waals surface area contributed by atoms with Crippen molar-refractivity contribution in [3.05, 3.63) is 35.5 Å². The summed E-state index contributed by atoms with van der Waals surface area (Å²) in [6, 6.07) is 2.52. The molecule has 0 bridgehead atoms. The molecule has 0 fully saturated rings. The third-order valence-corrected chi connectivity index (χ3v) is 3.35. The van der Waals surface area contributed by atoms with E-state index >= 15 is 0 Å². The van der Waals surface area contributed by atoms with E-state index in [0.717, 1.165) is 0 Å². The topological polar surface area (TPSA) is 91.0 Å². The van der Waals surface area contributed by atoms with Gasteiger partial charge in [0.25, 0.3) is 5.91 Å². The van der Waals surface area contributed by atoms with E-state index in [1.165, 1.54) is 11.2 Å². The molecule has 1 aliphatic rings. The molecular weight excluding hydrogens is 274 g/mol. The number of aliphatic hydroxyl groups excluding tert-OH is 2. The van der Waals surface area contributed by atoms with Gasteiger partial charge in [-0.3, -0.25) is 9.59 Å². The van der Waals surface area contributed by atoms with Crippen LogP contribution in [-0.2, 0) is 9.59 Å². The van der Waals surface area contributed by atoms with Crippen LogP contribution in [0.5, 0.6) is 0 Å². The van der Waals surface area contributed by atoms with Crippen LogP contribution < -0.4 is 0 Å². The number of hydrogen-bond donors (Lipinski definition) is 2. The summed E-state index contributed by atoms with van der Waals surface area (Å²) in [5.74, 6) is -0.976. The maximum Gasteiger partial charge on any atom is 0.290 e. The number of ketones is 1. The minimum absolute atomic E-state index is 0.0206. The number of furan rings is 1. The van der Waals surface area contributed by atoms with Gasteiger partial charge in [-0.05, 0) is 18.1 Å². The highest BCUT2D eigenvalue weighted by atomic mass is 16.3. The van der Waals surface area contributed by atoms with Gasteiger partial charge in [-0.15, -0.1) is 0 Å². The second-order valence-electron chi connectivity index (χ2n) is 5.42. The molecule has 0 spiro atoms. The second-order valence-corrected chi connectivity index (χ2v) is 5.42. The van der Waals surface area contributed by atoms with Crippen molar-refractivity contribution >= 4 is 11.7 Å². The van der Waals surface area contributed by atoms with E-state index in [1.807, 2.05) is 13.8 Å². The summed E-state index contributed by atoms with van der Waals surface area (Å²) >= 11 is 0. The van der Waals surface area contributed by atoms with Gasteiger partial charge in [-0.2, -0.15) is 0 Å². The van der Waals surface area contributed by atoms with Crippen molar-refractivity contribution in [2.45, 2.75) is 26.3 Å². The minimum Gasteiger partial charge on any atom is -0.503 e. The Balaban J connectivity index is 2.42. The maximum atomic E-state index is 12.4. The van der Waals surface area contributed by atoms with Gasteiger partial charge in [-0.1, -0.05) is 13.8 Å². The zero-order valence-electron chi connectivity index (χ0n) is 12.1. The summed E-state index contributed by atoms with van der Waals surface area (Å²) in [5.41, 5.74) is 0.0529. The van der Waals surface area contributed by atoms with Gasteiger partial charge < -0.3 is 19.5 Å². The van der Waals surface area contributed by atoms with Crippen LogP contribution in [0, 0.1) is 5.92 Å². The van der Waals surface area contributed by atoms with Crippen molar-refractivity contribution in [1.82, 2.24) is 4.90 Å². The summed E-state index contributed by atoms with van der Waals surface area (Å²) < 4.78 is 5.30. The lowest BCUT2D eigenvalue weighted by atomic mass is 9.95. The number of amides is 1.